The van der Waals surface area contributed by atoms with E-state index in [0.717, 1.165) is 5.56 Å². The van der Waals surface area contributed by atoms with E-state index in [9.17, 15) is 13.2 Å². The first kappa shape index (κ1) is 20.1. The number of sulfonamides is 1. The van der Waals surface area contributed by atoms with E-state index in [1.807, 2.05) is 13.0 Å². The Hall–Kier alpha value is -2.25. The van der Waals surface area contributed by atoms with Crippen molar-refractivity contribution in [2.75, 3.05) is 25.0 Å². The molecule has 0 unspecified atom stereocenters. The second-order valence-corrected chi connectivity index (χ2v) is 8.06. The van der Waals surface area contributed by atoms with Crippen molar-refractivity contribution in [3.63, 3.8) is 0 Å². The van der Waals surface area contributed by atoms with E-state index >= 15 is 0 Å². The maximum Gasteiger partial charge on any atom is 0.259 e. The van der Waals surface area contributed by atoms with Crippen molar-refractivity contribution in [2.24, 2.45) is 0 Å². The van der Waals surface area contributed by atoms with Gasteiger partial charge in [0.15, 0.2) is 0 Å². The van der Waals surface area contributed by atoms with Gasteiger partial charge in [-0.15, -0.1) is 0 Å². The van der Waals surface area contributed by atoms with Crippen LogP contribution in [0.15, 0.2) is 41.4 Å². The number of carbonyl (C=O) groups excluding carboxylic acids is 1. The average molecular weight is 375 g/mol. The second-order valence-electron chi connectivity index (χ2n) is 6.12. The number of pyridine rings is 1. The number of carbonyl (C=O) groups is 1. The van der Waals surface area contributed by atoms with Gasteiger partial charge in [0, 0.05) is 31.9 Å². The van der Waals surface area contributed by atoms with Crippen LogP contribution >= 0.6 is 0 Å². The maximum absolute atomic E-state index is 12.9. The van der Waals surface area contributed by atoms with Crippen LogP contribution in [0.1, 0.15) is 35.3 Å². The normalized spacial score (nSPS) is 11.6. The van der Waals surface area contributed by atoms with Crippen LogP contribution in [0.5, 0.6) is 0 Å². The molecule has 7 heteroatoms. The van der Waals surface area contributed by atoms with Crippen LogP contribution in [-0.4, -0.2) is 43.8 Å². The van der Waals surface area contributed by atoms with Crippen molar-refractivity contribution in [3.8, 4) is 0 Å². The van der Waals surface area contributed by atoms with Crippen molar-refractivity contribution < 1.29 is 13.2 Å². The highest BCUT2D eigenvalue weighted by molar-refractivity contribution is 7.89. The van der Waals surface area contributed by atoms with Gasteiger partial charge in [-0.05, 0) is 43.2 Å². The van der Waals surface area contributed by atoms with Gasteiger partial charge in [0.05, 0.1) is 4.90 Å². The summed E-state index contributed by atoms with van der Waals surface area (Å²) in [6, 6.07) is 8.30. The lowest BCUT2D eigenvalue weighted by Crippen LogP contribution is -2.31. The monoisotopic (exact) mass is 375 g/mol. The summed E-state index contributed by atoms with van der Waals surface area (Å²) in [5, 5.41) is 0. The average Bonchev–Trinajstić information content (AvgIpc) is 2.62. The van der Waals surface area contributed by atoms with Crippen LogP contribution in [0.3, 0.4) is 0 Å². The smallest absolute Gasteiger partial charge is 0.259 e. The Bertz CT molecular complexity index is 889. The molecule has 0 aliphatic rings. The van der Waals surface area contributed by atoms with Crippen molar-refractivity contribution in [1.82, 2.24) is 9.29 Å². The molecule has 0 saturated heterocycles. The Morgan fingerprint density at radius 2 is 1.73 bits per heavy atom. The topological polar surface area (TPSA) is 70.6 Å². The third kappa shape index (κ3) is 3.94. The van der Waals surface area contributed by atoms with Crippen molar-refractivity contribution in [2.45, 2.75) is 32.6 Å². The quantitative estimate of drug-likeness (QED) is 0.778. The molecule has 1 aromatic heterocycles. The Labute approximate surface area is 155 Å². The molecule has 0 aliphatic carbocycles. The third-order valence-electron chi connectivity index (χ3n) is 4.33. The number of benzene rings is 1. The molecule has 0 N–H and O–H groups in total. The molecule has 0 radical (unpaired) electrons. The van der Waals surface area contributed by atoms with Crippen LogP contribution < -0.4 is 4.90 Å². The molecule has 0 saturated carbocycles. The largest absolute Gasteiger partial charge is 0.296 e. The van der Waals surface area contributed by atoms with Gasteiger partial charge in [-0.2, -0.15) is 4.31 Å². The number of aryl methyl sites for hydroxylation is 2. The van der Waals surface area contributed by atoms with E-state index in [4.69, 9.17) is 0 Å². The summed E-state index contributed by atoms with van der Waals surface area (Å²) in [4.78, 5) is 18.7. The number of hydrogen-bond donors (Lipinski definition) is 0. The first-order chi connectivity index (χ1) is 12.2. The molecule has 2 aromatic rings. The van der Waals surface area contributed by atoms with Gasteiger partial charge in [0.1, 0.15) is 5.82 Å². The van der Waals surface area contributed by atoms with Gasteiger partial charge in [0.2, 0.25) is 10.0 Å². The molecular formula is C19H25N3O3S. The van der Waals surface area contributed by atoms with Crippen LogP contribution in [-0.2, 0) is 10.0 Å². The third-order valence-corrected chi connectivity index (χ3v) is 6.37. The molecule has 26 heavy (non-hydrogen) atoms. The van der Waals surface area contributed by atoms with Gasteiger partial charge in [0.25, 0.3) is 5.91 Å². The molecular weight excluding hydrogens is 350 g/mol. The van der Waals surface area contributed by atoms with E-state index in [2.05, 4.69) is 4.98 Å². The summed E-state index contributed by atoms with van der Waals surface area (Å²) in [5.74, 6) is 0.215. The van der Waals surface area contributed by atoms with Gasteiger partial charge in [-0.25, -0.2) is 13.4 Å². The number of nitrogens with zero attached hydrogens (tertiary/aromatic N) is 3. The summed E-state index contributed by atoms with van der Waals surface area (Å²) in [5.41, 5.74) is 2.06. The SMILES string of the molecule is CCN(CC)S(=O)(=O)c1ccc(C)c(C(=O)N(C)c2ccc(C)cn2)c1. The summed E-state index contributed by atoms with van der Waals surface area (Å²) < 4.78 is 26.9. The van der Waals surface area contributed by atoms with E-state index in [1.54, 1.807) is 52.2 Å². The highest BCUT2D eigenvalue weighted by Gasteiger charge is 2.24. The molecule has 0 atom stereocenters. The number of rotatable bonds is 6. The molecule has 0 spiro atoms. The molecule has 1 amide bonds. The summed E-state index contributed by atoms with van der Waals surface area (Å²) in [6.45, 7) is 8.05. The molecule has 140 valence electrons. The molecule has 0 bridgehead atoms. The Balaban J connectivity index is 2.43. The first-order valence-corrected chi connectivity index (χ1v) is 9.97. The van der Waals surface area contributed by atoms with Gasteiger partial charge in [-0.3, -0.25) is 9.69 Å². The highest BCUT2D eigenvalue weighted by atomic mass is 32.2. The Morgan fingerprint density at radius 1 is 1.08 bits per heavy atom. The highest BCUT2D eigenvalue weighted by Crippen LogP contribution is 2.22. The number of hydrogen-bond acceptors (Lipinski definition) is 4. The number of anilines is 1. The van der Waals surface area contributed by atoms with Crippen molar-refractivity contribution in [3.05, 3.63) is 53.2 Å². The molecule has 2 rings (SSSR count). The first-order valence-electron chi connectivity index (χ1n) is 8.53. The summed E-state index contributed by atoms with van der Waals surface area (Å²) in [7, 11) is -1.99. The van der Waals surface area contributed by atoms with Gasteiger partial charge >= 0.3 is 0 Å². The fourth-order valence-corrected chi connectivity index (χ4v) is 4.13. The molecule has 1 heterocycles. The fraction of sp³-hybridized carbons (Fsp3) is 0.368. The zero-order valence-electron chi connectivity index (χ0n) is 15.9. The minimum absolute atomic E-state index is 0.125. The Kier molecular flexibility index (Phi) is 6.15. The standard InChI is InChI=1S/C19H25N3O3S/c1-6-22(7-2)26(24,25)16-10-9-15(4)17(12-16)19(23)21(5)18-11-8-14(3)13-20-18/h8-13H,6-7H2,1-5H3. The van der Waals surface area contributed by atoms with E-state index < -0.39 is 10.0 Å². The van der Waals surface area contributed by atoms with Crippen LogP contribution in [0.25, 0.3) is 0 Å². The maximum atomic E-state index is 12.9. The van der Waals surface area contributed by atoms with E-state index in [1.165, 1.54) is 15.3 Å². The molecule has 0 aliphatic heterocycles. The second kappa shape index (κ2) is 7.97. The van der Waals surface area contributed by atoms with Crippen molar-refractivity contribution >= 4 is 21.7 Å². The molecule has 6 nitrogen and oxygen atoms in total. The molecule has 1 aromatic carbocycles. The minimum Gasteiger partial charge on any atom is -0.296 e. The van der Waals surface area contributed by atoms with Gasteiger partial charge in [-0.1, -0.05) is 26.0 Å². The number of aromatic nitrogens is 1. The predicted octanol–water partition coefficient (Wildman–Crippen LogP) is 3.01. The predicted molar refractivity (Wildman–Crippen MR) is 103 cm³/mol. The summed E-state index contributed by atoms with van der Waals surface area (Å²) >= 11 is 0. The summed E-state index contributed by atoms with van der Waals surface area (Å²) in [6.07, 6.45) is 1.69. The zero-order chi connectivity index (χ0) is 19.5. The zero-order valence-corrected chi connectivity index (χ0v) is 16.7. The van der Waals surface area contributed by atoms with Crippen LogP contribution in [0.4, 0.5) is 5.82 Å². The minimum atomic E-state index is -3.62. The number of amides is 1. The lowest BCUT2D eigenvalue weighted by molar-refractivity contribution is 0.0991. The lowest BCUT2D eigenvalue weighted by Gasteiger charge is -2.21. The lowest BCUT2D eigenvalue weighted by atomic mass is 10.1. The van der Waals surface area contributed by atoms with Crippen molar-refractivity contribution in [1.29, 1.82) is 0 Å². The fourth-order valence-electron chi connectivity index (χ4n) is 2.65. The Morgan fingerprint density at radius 3 is 2.27 bits per heavy atom. The van der Waals surface area contributed by atoms with E-state index in [-0.39, 0.29) is 10.8 Å². The van der Waals surface area contributed by atoms with Gasteiger partial charge < -0.3 is 0 Å². The molecule has 0 fully saturated rings. The van der Waals surface area contributed by atoms with Crippen LogP contribution in [0.2, 0.25) is 0 Å². The van der Waals surface area contributed by atoms with E-state index in [0.29, 0.717) is 30.0 Å². The van der Waals surface area contributed by atoms with Crippen LogP contribution in [0, 0.1) is 13.8 Å².